The van der Waals surface area contributed by atoms with Crippen molar-refractivity contribution in [2.75, 3.05) is 54.0 Å². The van der Waals surface area contributed by atoms with Gasteiger partial charge in [-0.15, -0.1) is 0 Å². The fourth-order valence-corrected chi connectivity index (χ4v) is 8.09. The van der Waals surface area contributed by atoms with E-state index in [1.165, 1.54) is 0 Å². The summed E-state index contributed by atoms with van der Waals surface area (Å²) in [5.74, 6) is 0.228. The highest BCUT2D eigenvalue weighted by atomic mass is 16.3. The second kappa shape index (κ2) is 15.5. The van der Waals surface area contributed by atoms with Gasteiger partial charge in [0.1, 0.15) is 11.2 Å². The third-order valence-electron chi connectivity index (χ3n) is 11.1. The van der Waals surface area contributed by atoms with Gasteiger partial charge in [0.05, 0.1) is 28.3 Å². The molecule has 0 radical (unpaired) electrons. The van der Waals surface area contributed by atoms with Gasteiger partial charge in [-0.05, 0) is 89.6 Å². The van der Waals surface area contributed by atoms with Gasteiger partial charge in [0.2, 0.25) is 0 Å². The molecule has 8 heteroatoms. The van der Waals surface area contributed by atoms with Crippen molar-refractivity contribution < 1.29 is 13.6 Å². The van der Waals surface area contributed by atoms with Crippen LogP contribution >= 0.6 is 0 Å². The van der Waals surface area contributed by atoms with E-state index in [9.17, 15) is 4.79 Å². The van der Waals surface area contributed by atoms with Crippen molar-refractivity contribution in [3.05, 3.63) is 120 Å². The van der Waals surface area contributed by atoms with Crippen LogP contribution in [0.25, 0.3) is 66.4 Å². The van der Waals surface area contributed by atoms with Gasteiger partial charge < -0.3 is 19.1 Å². The van der Waals surface area contributed by atoms with Crippen LogP contribution in [0.3, 0.4) is 0 Å². The Hall–Kier alpha value is -6.28. The maximum Gasteiger partial charge on any atom is 0.363 e. The van der Waals surface area contributed by atoms with Gasteiger partial charge in [-0.2, -0.15) is 0 Å². The number of benzene rings is 6. The van der Waals surface area contributed by atoms with E-state index in [-0.39, 0.29) is 5.91 Å². The SMILES string of the molecule is CCN(CC)c1ccc2nc3c4ccccc4c(=NC(=O)c4ccccc4-c4c5ccc(N(CC)CC)cc5[o+]c5cc(N(CC)CC)ccc45)cc-3oc2c1. The molecule has 1 aliphatic heterocycles. The summed E-state index contributed by atoms with van der Waals surface area (Å²) in [5, 5.41) is 4.10. The van der Waals surface area contributed by atoms with E-state index in [1.807, 2.05) is 66.7 Å². The van der Waals surface area contributed by atoms with Crippen LogP contribution in [-0.2, 0) is 0 Å². The van der Waals surface area contributed by atoms with E-state index < -0.39 is 0 Å². The summed E-state index contributed by atoms with van der Waals surface area (Å²) in [6, 6.07) is 36.5. The summed E-state index contributed by atoms with van der Waals surface area (Å²) in [5.41, 5.74) is 9.22. The Morgan fingerprint density at radius 3 is 1.75 bits per heavy atom. The topological polar surface area (TPSA) is 76.5 Å². The quantitative estimate of drug-likeness (QED) is 0.0742. The molecule has 0 spiro atoms. The molecular formula is C48H48N5O3+. The largest absolute Gasteiger partial charge is 0.453 e. The van der Waals surface area contributed by atoms with Crippen LogP contribution in [0.5, 0.6) is 0 Å². The first-order valence-electron chi connectivity index (χ1n) is 19.9. The summed E-state index contributed by atoms with van der Waals surface area (Å²) in [6.45, 7) is 18.2. The van der Waals surface area contributed by atoms with E-state index in [1.54, 1.807) is 0 Å². The number of carbonyl (C=O) groups is 1. The number of hydrogen-bond donors (Lipinski definition) is 0. The highest BCUT2D eigenvalue weighted by Crippen LogP contribution is 2.41. The highest BCUT2D eigenvalue weighted by Gasteiger charge is 2.26. The van der Waals surface area contributed by atoms with E-state index in [0.29, 0.717) is 22.3 Å². The zero-order valence-corrected chi connectivity index (χ0v) is 33.1. The summed E-state index contributed by atoms with van der Waals surface area (Å²) < 4.78 is 13.3. The lowest BCUT2D eigenvalue weighted by Gasteiger charge is -2.21. The van der Waals surface area contributed by atoms with Crippen LogP contribution in [-0.4, -0.2) is 50.2 Å². The predicted molar refractivity (Wildman–Crippen MR) is 232 cm³/mol. The predicted octanol–water partition coefficient (Wildman–Crippen LogP) is 11.2. The first-order valence-corrected chi connectivity index (χ1v) is 19.9. The molecule has 0 fully saturated rings. The summed E-state index contributed by atoms with van der Waals surface area (Å²) >= 11 is 0. The van der Waals surface area contributed by atoms with Crippen molar-refractivity contribution in [2.45, 2.75) is 41.5 Å². The Bertz CT molecular complexity index is 2710. The first kappa shape index (κ1) is 36.7. The third kappa shape index (κ3) is 6.49. The van der Waals surface area contributed by atoms with Crippen molar-refractivity contribution >= 4 is 66.8 Å². The number of hydrogen-bond acceptors (Lipinski definition) is 6. The molecule has 282 valence electrons. The van der Waals surface area contributed by atoms with Crippen LogP contribution < -0.4 is 20.1 Å². The molecule has 6 aromatic rings. The molecule has 1 aliphatic carbocycles. The fraction of sp³-hybridized carbons (Fsp3) is 0.250. The number of carbonyl (C=O) groups excluding carboxylic acids is 1. The molecule has 56 heavy (non-hydrogen) atoms. The van der Waals surface area contributed by atoms with Gasteiger partial charge in [0, 0.05) is 90.4 Å². The zero-order valence-electron chi connectivity index (χ0n) is 33.1. The molecule has 2 aliphatic rings. The minimum Gasteiger partial charge on any atom is -0.453 e. The maximum atomic E-state index is 14.6. The normalized spacial score (nSPS) is 12.0. The second-order valence-corrected chi connectivity index (χ2v) is 14.0. The average Bonchev–Trinajstić information content (AvgIpc) is 3.23. The maximum absolute atomic E-state index is 14.6. The summed E-state index contributed by atoms with van der Waals surface area (Å²) in [4.78, 5) is 31.4. The van der Waals surface area contributed by atoms with Crippen LogP contribution in [0, 0.1) is 0 Å². The molecular weight excluding hydrogens is 695 g/mol. The number of nitrogens with zero attached hydrogens (tertiary/aromatic N) is 5. The molecule has 1 aromatic heterocycles. The molecule has 2 heterocycles. The molecule has 8 rings (SSSR count). The lowest BCUT2D eigenvalue weighted by Crippen LogP contribution is -2.21. The highest BCUT2D eigenvalue weighted by molar-refractivity contribution is 6.14. The lowest BCUT2D eigenvalue weighted by molar-refractivity contribution is 0.0999. The Balaban J connectivity index is 1.33. The molecule has 1 amide bonds. The molecule has 0 saturated carbocycles. The average molecular weight is 743 g/mol. The van der Waals surface area contributed by atoms with Crippen LogP contribution in [0.4, 0.5) is 17.1 Å². The third-order valence-corrected chi connectivity index (χ3v) is 11.1. The number of rotatable bonds is 11. The van der Waals surface area contributed by atoms with E-state index in [4.69, 9.17) is 18.8 Å². The van der Waals surface area contributed by atoms with Gasteiger partial charge >= 0.3 is 11.2 Å². The van der Waals surface area contributed by atoms with E-state index in [0.717, 1.165) is 111 Å². The summed E-state index contributed by atoms with van der Waals surface area (Å²) in [6.07, 6.45) is 0. The molecule has 5 aromatic carbocycles. The minimum absolute atomic E-state index is 0.343. The smallest absolute Gasteiger partial charge is 0.363 e. The monoisotopic (exact) mass is 742 g/mol. The van der Waals surface area contributed by atoms with E-state index >= 15 is 0 Å². The first-order chi connectivity index (χ1) is 27.4. The van der Waals surface area contributed by atoms with Crippen LogP contribution in [0.2, 0.25) is 0 Å². The molecule has 0 saturated heterocycles. The zero-order chi connectivity index (χ0) is 38.9. The van der Waals surface area contributed by atoms with Crippen molar-refractivity contribution in [2.24, 2.45) is 4.99 Å². The Morgan fingerprint density at radius 1 is 0.607 bits per heavy atom. The number of anilines is 3. The molecule has 0 atom stereocenters. The van der Waals surface area contributed by atoms with Gasteiger partial charge in [-0.3, -0.25) is 4.79 Å². The Morgan fingerprint density at radius 2 is 1.14 bits per heavy atom. The van der Waals surface area contributed by atoms with Gasteiger partial charge in [0.25, 0.3) is 5.91 Å². The van der Waals surface area contributed by atoms with Crippen molar-refractivity contribution in [3.8, 4) is 22.6 Å². The standard InChI is InChI=1S/C48H48N5O3/c1-7-51(8-2)31-21-24-38-42(27-31)55-43-28-32(52(9-3)10-4)22-25-39(43)46(38)35-18-14-16-20-37(35)48(54)50-41-30-45-47(36-19-15-13-17-34(36)41)49-40-26-23-33(29-44(40)56-45)53(11-5)12-6/h13-30H,7-12H2,1-6H3/q+1. The molecule has 0 N–H and O–H groups in total. The molecule has 0 bridgehead atoms. The lowest BCUT2D eigenvalue weighted by atomic mass is 9.92. The fourth-order valence-electron chi connectivity index (χ4n) is 8.09. The van der Waals surface area contributed by atoms with Gasteiger partial charge in [-0.1, -0.05) is 42.5 Å². The van der Waals surface area contributed by atoms with Crippen LogP contribution in [0.1, 0.15) is 51.9 Å². The Labute approximate surface area is 327 Å². The van der Waals surface area contributed by atoms with Crippen LogP contribution in [0.15, 0.2) is 123 Å². The van der Waals surface area contributed by atoms with Gasteiger partial charge in [-0.25, -0.2) is 14.4 Å². The number of amides is 1. The van der Waals surface area contributed by atoms with E-state index in [2.05, 4.69) is 98.7 Å². The summed E-state index contributed by atoms with van der Waals surface area (Å²) in [7, 11) is 0. The van der Waals surface area contributed by atoms with Gasteiger partial charge in [0.15, 0.2) is 11.3 Å². The number of aromatic nitrogens is 1. The minimum atomic E-state index is -0.343. The second-order valence-electron chi connectivity index (χ2n) is 14.0. The van der Waals surface area contributed by atoms with Crippen molar-refractivity contribution in [1.29, 1.82) is 0 Å². The van der Waals surface area contributed by atoms with Crippen molar-refractivity contribution in [1.82, 2.24) is 4.98 Å². The Kier molecular flexibility index (Phi) is 10.1. The number of fused-ring (bicyclic) bond motifs is 6. The van der Waals surface area contributed by atoms with Crippen molar-refractivity contribution in [3.63, 3.8) is 0 Å². The molecule has 8 nitrogen and oxygen atoms in total. The molecule has 0 unspecified atom stereocenters.